The molecule has 2 unspecified atom stereocenters. The van der Waals surface area contributed by atoms with Gasteiger partial charge in [0.15, 0.2) is 0 Å². The first-order valence-electron chi connectivity index (χ1n) is 13.3. The first-order chi connectivity index (χ1) is 17.6. The maximum absolute atomic E-state index is 14.4. The molecule has 2 aliphatic rings. The number of carboxylic acids is 1. The van der Waals surface area contributed by atoms with E-state index < -0.39 is 34.0 Å². The summed E-state index contributed by atoms with van der Waals surface area (Å²) in [6.07, 6.45) is 6.90. The number of rotatable bonds is 10. The largest absolute Gasteiger partial charge is 0.481 e. The van der Waals surface area contributed by atoms with Crippen LogP contribution in [-0.2, 0) is 14.8 Å². The summed E-state index contributed by atoms with van der Waals surface area (Å²) in [6.45, 7) is 9.99. The normalized spacial score (nSPS) is 25.1. The number of thioether (sulfide) groups is 1. The van der Waals surface area contributed by atoms with E-state index in [1.165, 1.54) is 11.8 Å². The Labute approximate surface area is 226 Å². The SMILES string of the molecule is C=CCS[C@@H]1C(CC2CCCC2)N(S(=O)(=O)c2ccc(C)cc2)C(c2ccc(C(C)C)cc2)[C@@H]1C(=O)O. The van der Waals surface area contributed by atoms with E-state index in [0.29, 0.717) is 24.0 Å². The van der Waals surface area contributed by atoms with Gasteiger partial charge in [0.25, 0.3) is 0 Å². The van der Waals surface area contributed by atoms with E-state index in [9.17, 15) is 18.3 Å². The molecule has 1 aliphatic heterocycles. The maximum atomic E-state index is 14.4. The first kappa shape index (κ1) is 27.9. The smallest absolute Gasteiger partial charge is 0.309 e. The highest BCUT2D eigenvalue weighted by molar-refractivity contribution is 8.00. The van der Waals surface area contributed by atoms with Crippen LogP contribution in [0, 0.1) is 18.8 Å². The van der Waals surface area contributed by atoms with Crippen LogP contribution < -0.4 is 0 Å². The zero-order valence-electron chi connectivity index (χ0n) is 22.0. The van der Waals surface area contributed by atoms with E-state index in [1.807, 2.05) is 31.2 Å². The lowest BCUT2D eigenvalue weighted by Crippen LogP contribution is -2.41. The molecule has 0 aromatic heterocycles. The summed E-state index contributed by atoms with van der Waals surface area (Å²) in [4.78, 5) is 13.1. The van der Waals surface area contributed by atoms with Gasteiger partial charge in [0, 0.05) is 17.0 Å². The molecule has 4 atom stereocenters. The van der Waals surface area contributed by atoms with Crippen molar-refractivity contribution in [1.29, 1.82) is 0 Å². The van der Waals surface area contributed by atoms with Crippen LogP contribution >= 0.6 is 11.8 Å². The molecule has 5 nitrogen and oxygen atoms in total. The monoisotopic (exact) mass is 541 g/mol. The van der Waals surface area contributed by atoms with Crippen LogP contribution in [0.4, 0.5) is 0 Å². The molecule has 37 heavy (non-hydrogen) atoms. The Kier molecular flexibility index (Phi) is 8.87. The molecule has 200 valence electrons. The fourth-order valence-electron chi connectivity index (χ4n) is 6.02. The summed E-state index contributed by atoms with van der Waals surface area (Å²) in [7, 11) is -3.96. The molecule has 1 aliphatic carbocycles. The van der Waals surface area contributed by atoms with E-state index >= 15 is 0 Å². The topological polar surface area (TPSA) is 74.7 Å². The minimum Gasteiger partial charge on any atom is -0.481 e. The summed E-state index contributed by atoms with van der Waals surface area (Å²) in [5, 5.41) is 10.2. The lowest BCUT2D eigenvalue weighted by atomic mass is 9.90. The quantitative estimate of drug-likeness (QED) is 0.335. The molecule has 1 saturated carbocycles. The molecule has 0 spiro atoms. The van der Waals surface area contributed by atoms with Crippen LogP contribution in [0.5, 0.6) is 0 Å². The second-order valence-corrected chi connectivity index (χ2v) is 13.9. The van der Waals surface area contributed by atoms with Crippen LogP contribution in [0.25, 0.3) is 0 Å². The van der Waals surface area contributed by atoms with Crippen molar-refractivity contribution in [2.24, 2.45) is 11.8 Å². The first-order valence-corrected chi connectivity index (χ1v) is 15.8. The van der Waals surface area contributed by atoms with Gasteiger partial charge in [-0.25, -0.2) is 8.42 Å². The van der Waals surface area contributed by atoms with Crippen LogP contribution in [0.15, 0.2) is 66.1 Å². The maximum Gasteiger partial charge on any atom is 0.309 e. The third-order valence-electron chi connectivity index (χ3n) is 7.96. The second kappa shape index (κ2) is 11.7. The Bertz CT molecular complexity index is 1190. The van der Waals surface area contributed by atoms with Crippen LogP contribution in [0.3, 0.4) is 0 Å². The van der Waals surface area contributed by atoms with Crippen molar-refractivity contribution in [3.05, 3.63) is 77.9 Å². The van der Waals surface area contributed by atoms with Gasteiger partial charge in [0.2, 0.25) is 10.0 Å². The summed E-state index contributed by atoms with van der Waals surface area (Å²) >= 11 is 1.53. The number of hydrogen-bond donors (Lipinski definition) is 1. The number of sulfonamides is 1. The third-order valence-corrected chi connectivity index (χ3v) is 11.3. The van der Waals surface area contributed by atoms with Gasteiger partial charge in [-0.05, 0) is 48.4 Å². The summed E-state index contributed by atoms with van der Waals surface area (Å²) < 4.78 is 30.3. The molecule has 7 heteroatoms. The average molecular weight is 542 g/mol. The Morgan fingerprint density at radius 2 is 1.73 bits per heavy atom. The van der Waals surface area contributed by atoms with Crippen molar-refractivity contribution in [3.63, 3.8) is 0 Å². The van der Waals surface area contributed by atoms with Gasteiger partial charge in [0.1, 0.15) is 0 Å². The molecule has 1 saturated heterocycles. The van der Waals surface area contributed by atoms with Gasteiger partial charge in [0.05, 0.1) is 16.9 Å². The molecule has 0 radical (unpaired) electrons. The van der Waals surface area contributed by atoms with Crippen molar-refractivity contribution in [1.82, 2.24) is 4.31 Å². The van der Waals surface area contributed by atoms with Crippen LogP contribution in [0.2, 0.25) is 0 Å². The second-order valence-electron chi connectivity index (χ2n) is 10.8. The average Bonchev–Trinajstić information content (AvgIpc) is 3.49. The van der Waals surface area contributed by atoms with Gasteiger partial charge >= 0.3 is 5.97 Å². The number of aryl methyl sites for hydroxylation is 1. The minimum atomic E-state index is -3.96. The fourth-order valence-corrected chi connectivity index (χ4v) is 9.24. The summed E-state index contributed by atoms with van der Waals surface area (Å²) in [5.74, 6) is -0.498. The van der Waals surface area contributed by atoms with E-state index in [-0.39, 0.29) is 10.1 Å². The van der Waals surface area contributed by atoms with E-state index in [1.54, 1.807) is 34.6 Å². The summed E-state index contributed by atoms with van der Waals surface area (Å²) in [5.41, 5.74) is 2.86. The molecular weight excluding hydrogens is 502 g/mol. The Hall–Kier alpha value is -2.09. The van der Waals surface area contributed by atoms with E-state index in [0.717, 1.165) is 42.4 Å². The minimum absolute atomic E-state index is 0.219. The number of aliphatic carboxylic acids is 1. The van der Waals surface area contributed by atoms with Gasteiger partial charge < -0.3 is 5.11 Å². The zero-order valence-corrected chi connectivity index (χ0v) is 23.7. The zero-order chi connectivity index (χ0) is 26.7. The molecule has 0 amide bonds. The molecular formula is C30H39NO4S2. The van der Waals surface area contributed by atoms with Gasteiger partial charge in [-0.1, -0.05) is 87.6 Å². The van der Waals surface area contributed by atoms with E-state index in [4.69, 9.17) is 0 Å². The molecule has 1 N–H and O–H groups in total. The molecule has 0 bridgehead atoms. The predicted octanol–water partition coefficient (Wildman–Crippen LogP) is 6.80. The van der Waals surface area contributed by atoms with Crippen molar-refractivity contribution in [2.75, 3.05) is 5.75 Å². The van der Waals surface area contributed by atoms with Gasteiger partial charge in [-0.3, -0.25) is 4.79 Å². The van der Waals surface area contributed by atoms with Crippen molar-refractivity contribution in [2.45, 2.75) is 81.0 Å². The number of carbonyl (C=O) groups is 1. The number of benzene rings is 2. The third kappa shape index (κ3) is 5.84. The number of carboxylic acid groups (broad SMARTS) is 1. The lowest BCUT2D eigenvalue weighted by molar-refractivity contribution is -0.142. The number of nitrogens with zero attached hydrogens (tertiary/aromatic N) is 1. The molecule has 4 rings (SSSR count). The van der Waals surface area contributed by atoms with Gasteiger partial charge in [-0.15, -0.1) is 6.58 Å². The molecule has 1 heterocycles. The highest BCUT2D eigenvalue weighted by Crippen LogP contribution is 2.51. The predicted molar refractivity (Wildman–Crippen MR) is 151 cm³/mol. The van der Waals surface area contributed by atoms with Crippen LogP contribution in [-0.4, -0.2) is 40.8 Å². The molecule has 2 aromatic rings. The van der Waals surface area contributed by atoms with E-state index in [2.05, 4.69) is 20.4 Å². The van der Waals surface area contributed by atoms with Gasteiger partial charge in [-0.2, -0.15) is 16.1 Å². The fraction of sp³-hybridized carbons (Fsp3) is 0.500. The molecule has 2 aromatic carbocycles. The highest BCUT2D eigenvalue weighted by Gasteiger charge is 2.57. The summed E-state index contributed by atoms with van der Waals surface area (Å²) in [6, 6.07) is 13.6. The van der Waals surface area contributed by atoms with Crippen molar-refractivity contribution >= 4 is 27.8 Å². The standard InChI is InChI=1S/C30H39NO4S2/c1-5-18-36-29-26(19-22-8-6-7-9-22)31(37(34,35)25-16-10-21(4)11-17-25)28(27(29)30(32)33)24-14-12-23(13-15-24)20(2)3/h5,10-17,20,22,26-29H,1,6-9,18-19H2,2-4H3,(H,32,33)/t26?,27-,28?,29+/m0/s1. The Morgan fingerprint density at radius 1 is 1.11 bits per heavy atom. The number of hydrogen-bond acceptors (Lipinski definition) is 4. The van der Waals surface area contributed by atoms with Crippen molar-refractivity contribution < 1.29 is 18.3 Å². The Morgan fingerprint density at radius 3 is 2.27 bits per heavy atom. The Balaban J connectivity index is 1.89. The molecule has 2 fully saturated rings. The van der Waals surface area contributed by atoms with Crippen LogP contribution in [0.1, 0.15) is 74.6 Å². The van der Waals surface area contributed by atoms with Crippen molar-refractivity contribution in [3.8, 4) is 0 Å². The highest BCUT2D eigenvalue weighted by atomic mass is 32.2. The lowest BCUT2D eigenvalue weighted by Gasteiger charge is -2.32.